The van der Waals surface area contributed by atoms with Gasteiger partial charge in [-0.25, -0.2) is 4.39 Å². The molecule has 0 bridgehead atoms. The van der Waals surface area contributed by atoms with Gasteiger partial charge in [-0.15, -0.1) is 5.10 Å². The predicted octanol–water partition coefficient (Wildman–Crippen LogP) is 1.78. The summed E-state index contributed by atoms with van der Waals surface area (Å²) < 4.78 is 18.4. The smallest absolute Gasteiger partial charge is 0.236 e. The summed E-state index contributed by atoms with van der Waals surface area (Å²) in [7, 11) is 0. The fourth-order valence-electron chi connectivity index (χ4n) is 1.42. The molecule has 0 spiro atoms. The van der Waals surface area contributed by atoms with Gasteiger partial charge in [-0.2, -0.15) is 5.10 Å². The second-order valence-electron chi connectivity index (χ2n) is 3.60. The normalized spacial score (nSPS) is 17.2. The van der Waals surface area contributed by atoms with Crippen molar-refractivity contribution in [3.63, 3.8) is 0 Å². The molecule has 0 atom stereocenters. The number of benzene rings is 1. The maximum atomic E-state index is 13.1. The van der Waals surface area contributed by atoms with Crippen LogP contribution in [0.4, 0.5) is 4.39 Å². The summed E-state index contributed by atoms with van der Waals surface area (Å²) in [6.07, 6.45) is 1.46. The lowest BCUT2D eigenvalue weighted by atomic mass is 10.2. The van der Waals surface area contributed by atoms with Gasteiger partial charge in [-0.05, 0) is 19.1 Å². The lowest BCUT2D eigenvalue weighted by Gasteiger charge is -2.05. The van der Waals surface area contributed by atoms with Crippen LogP contribution < -0.4 is 10.1 Å². The van der Waals surface area contributed by atoms with Crippen molar-refractivity contribution in [1.29, 1.82) is 0 Å². The molecule has 0 saturated carbocycles. The minimum Gasteiger partial charge on any atom is -0.493 e. The van der Waals surface area contributed by atoms with Gasteiger partial charge in [0.2, 0.25) is 5.91 Å². The summed E-state index contributed by atoms with van der Waals surface area (Å²) in [5.74, 6) is 0.311. The van der Waals surface area contributed by atoms with E-state index in [1.54, 1.807) is 6.07 Å². The molecule has 100 valence electrons. The van der Waals surface area contributed by atoms with Crippen LogP contribution in [0.2, 0.25) is 0 Å². The third-order valence-corrected chi connectivity index (χ3v) is 3.07. The molecule has 1 aliphatic rings. The lowest BCUT2D eigenvalue weighted by Crippen LogP contribution is -2.19. The van der Waals surface area contributed by atoms with E-state index in [1.807, 2.05) is 6.92 Å². The Bertz CT molecular complexity index is 546. The van der Waals surface area contributed by atoms with Gasteiger partial charge in [0, 0.05) is 11.6 Å². The molecule has 0 aromatic heterocycles. The van der Waals surface area contributed by atoms with Crippen molar-refractivity contribution in [2.45, 2.75) is 6.92 Å². The van der Waals surface area contributed by atoms with Crippen LogP contribution in [0.25, 0.3) is 0 Å². The third-order valence-electron chi connectivity index (χ3n) is 2.21. The number of hydrogen-bond donors (Lipinski definition) is 1. The minimum absolute atomic E-state index is 0.0873. The molecule has 1 saturated heterocycles. The molecule has 2 rings (SSSR count). The Labute approximate surface area is 113 Å². The summed E-state index contributed by atoms with van der Waals surface area (Å²) in [5.41, 5.74) is 0.627. The van der Waals surface area contributed by atoms with Crippen molar-refractivity contribution in [3.05, 3.63) is 29.6 Å². The Balaban J connectivity index is 2.12. The molecule has 5 nitrogen and oxygen atoms in total. The Morgan fingerprint density at radius 3 is 3.11 bits per heavy atom. The highest BCUT2D eigenvalue weighted by Gasteiger charge is 2.15. The molecule has 7 heteroatoms. The summed E-state index contributed by atoms with van der Waals surface area (Å²) in [6.45, 7) is 2.25. The van der Waals surface area contributed by atoms with Crippen molar-refractivity contribution < 1.29 is 13.9 Å². The largest absolute Gasteiger partial charge is 0.493 e. The second kappa shape index (κ2) is 6.33. The Morgan fingerprint density at radius 2 is 2.42 bits per heavy atom. The quantitative estimate of drug-likeness (QED) is 0.676. The zero-order valence-electron chi connectivity index (χ0n) is 10.2. The second-order valence-corrected chi connectivity index (χ2v) is 4.57. The van der Waals surface area contributed by atoms with Crippen LogP contribution in [0.5, 0.6) is 5.75 Å². The van der Waals surface area contributed by atoms with E-state index < -0.39 is 0 Å². The number of carbonyl (C=O) groups is 1. The van der Waals surface area contributed by atoms with E-state index in [2.05, 4.69) is 15.5 Å². The highest BCUT2D eigenvalue weighted by atomic mass is 32.2. The van der Waals surface area contributed by atoms with Crippen LogP contribution in [0.1, 0.15) is 12.5 Å². The Kier molecular flexibility index (Phi) is 4.51. The maximum Gasteiger partial charge on any atom is 0.236 e. The first-order valence-corrected chi connectivity index (χ1v) is 6.63. The SMILES string of the molecule is CCOc1cc(F)ccc1C=NN=C1NC(=O)CS1. The zero-order valence-corrected chi connectivity index (χ0v) is 11.0. The predicted molar refractivity (Wildman–Crippen MR) is 73.2 cm³/mol. The number of amidine groups is 1. The van der Waals surface area contributed by atoms with E-state index >= 15 is 0 Å². The molecule has 19 heavy (non-hydrogen) atoms. The Hall–Kier alpha value is -1.89. The number of rotatable bonds is 4. The van der Waals surface area contributed by atoms with Crippen LogP contribution in [-0.2, 0) is 4.79 Å². The molecule has 0 radical (unpaired) electrons. The highest BCUT2D eigenvalue weighted by molar-refractivity contribution is 8.15. The van der Waals surface area contributed by atoms with E-state index in [9.17, 15) is 9.18 Å². The van der Waals surface area contributed by atoms with Crippen LogP contribution in [0.15, 0.2) is 28.4 Å². The van der Waals surface area contributed by atoms with Crippen LogP contribution >= 0.6 is 11.8 Å². The number of ether oxygens (including phenoxy) is 1. The van der Waals surface area contributed by atoms with Gasteiger partial charge >= 0.3 is 0 Å². The van der Waals surface area contributed by atoms with Gasteiger partial charge in [0.1, 0.15) is 11.6 Å². The molecular weight excluding hydrogens is 269 g/mol. The molecular formula is C12H12FN3O2S. The van der Waals surface area contributed by atoms with Crippen molar-refractivity contribution >= 4 is 29.1 Å². The minimum atomic E-state index is -0.370. The first-order chi connectivity index (χ1) is 9.19. The first kappa shape index (κ1) is 13.5. The van der Waals surface area contributed by atoms with Crippen LogP contribution in [-0.4, -0.2) is 29.6 Å². The van der Waals surface area contributed by atoms with E-state index in [0.717, 1.165) is 0 Å². The van der Waals surface area contributed by atoms with Crippen LogP contribution in [0.3, 0.4) is 0 Å². The van der Waals surface area contributed by atoms with Crippen molar-refractivity contribution in [2.24, 2.45) is 10.2 Å². The molecule has 1 fully saturated rings. The molecule has 1 aliphatic heterocycles. The van der Waals surface area contributed by atoms with Gasteiger partial charge in [0.05, 0.1) is 18.6 Å². The van der Waals surface area contributed by atoms with E-state index in [0.29, 0.717) is 28.8 Å². The van der Waals surface area contributed by atoms with Gasteiger partial charge in [-0.1, -0.05) is 11.8 Å². The molecule has 0 unspecified atom stereocenters. The summed E-state index contributed by atoms with van der Waals surface area (Å²) in [6, 6.07) is 4.18. The lowest BCUT2D eigenvalue weighted by molar-refractivity contribution is -0.116. The number of nitrogens with zero attached hydrogens (tertiary/aromatic N) is 2. The van der Waals surface area contributed by atoms with Gasteiger partial charge in [-0.3, -0.25) is 4.79 Å². The number of nitrogens with one attached hydrogen (secondary N) is 1. The third kappa shape index (κ3) is 3.78. The standard InChI is InChI=1S/C12H12FN3O2S/c1-2-18-10-5-9(13)4-3-8(10)6-14-16-12-15-11(17)7-19-12/h3-6H,2,7H2,1H3,(H,15,16,17). The molecule has 1 aromatic rings. The average Bonchev–Trinajstić information content (AvgIpc) is 2.78. The highest BCUT2D eigenvalue weighted by Crippen LogP contribution is 2.18. The van der Waals surface area contributed by atoms with Gasteiger partial charge < -0.3 is 10.1 Å². The number of carbonyl (C=O) groups excluding carboxylic acids is 1. The summed E-state index contributed by atoms with van der Waals surface area (Å²) in [4.78, 5) is 10.9. The van der Waals surface area contributed by atoms with Gasteiger partial charge in [0.25, 0.3) is 0 Å². The van der Waals surface area contributed by atoms with E-state index in [-0.39, 0.29) is 11.7 Å². The molecule has 0 aliphatic carbocycles. The monoisotopic (exact) mass is 281 g/mol. The number of thioether (sulfide) groups is 1. The fraction of sp³-hybridized carbons (Fsp3) is 0.250. The van der Waals surface area contributed by atoms with E-state index in [1.165, 1.54) is 30.1 Å². The van der Waals surface area contributed by atoms with Gasteiger partial charge in [0.15, 0.2) is 5.17 Å². The molecule has 1 heterocycles. The number of halogens is 1. The summed E-state index contributed by atoms with van der Waals surface area (Å²) in [5, 5.41) is 10.7. The first-order valence-electron chi connectivity index (χ1n) is 5.65. The maximum absolute atomic E-state index is 13.1. The van der Waals surface area contributed by atoms with Crippen LogP contribution in [0, 0.1) is 5.82 Å². The molecule has 1 aromatic carbocycles. The molecule has 1 amide bonds. The van der Waals surface area contributed by atoms with E-state index in [4.69, 9.17) is 4.74 Å². The Morgan fingerprint density at radius 1 is 1.58 bits per heavy atom. The summed E-state index contributed by atoms with van der Waals surface area (Å²) >= 11 is 1.29. The van der Waals surface area contributed by atoms with Crippen molar-refractivity contribution in [1.82, 2.24) is 5.32 Å². The average molecular weight is 281 g/mol. The fourth-order valence-corrected chi connectivity index (χ4v) is 2.05. The van der Waals surface area contributed by atoms with Crippen molar-refractivity contribution in [3.8, 4) is 5.75 Å². The number of hydrogen-bond acceptors (Lipinski definition) is 5. The number of amides is 1. The topological polar surface area (TPSA) is 63.1 Å². The molecule has 1 N–H and O–H groups in total. The zero-order chi connectivity index (χ0) is 13.7. The van der Waals surface area contributed by atoms with Crippen molar-refractivity contribution in [2.75, 3.05) is 12.4 Å².